The molecule has 0 bridgehead atoms. The summed E-state index contributed by atoms with van der Waals surface area (Å²) in [6.45, 7) is 4.41. The molecule has 15 heavy (non-hydrogen) atoms. The Labute approximate surface area is 90.8 Å². The predicted octanol–water partition coefficient (Wildman–Crippen LogP) is 1.91. The van der Waals surface area contributed by atoms with Crippen LogP contribution in [0.2, 0.25) is 0 Å². The van der Waals surface area contributed by atoms with E-state index < -0.39 is 0 Å². The van der Waals surface area contributed by atoms with Gasteiger partial charge in [0.15, 0.2) is 0 Å². The first-order valence-corrected chi connectivity index (χ1v) is 5.80. The Balaban J connectivity index is 1.62. The molecule has 0 saturated carbocycles. The summed E-state index contributed by atoms with van der Waals surface area (Å²) in [4.78, 5) is 2.52. The Bertz CT molecular complexity index is 313. The highest BCUT2D eigenvalue weighted by atomic mass is 16.5. The van der Waals surface area contributed by atoms with E-state index in [0.29, 0.717) is 6.10 Å². The number of rotatable bonds is 2. The molecular weight excluding hydrogens is 186 g/mol. The maximum Gasteiger partial charge on any atom is 0.0743 e. The summed E-state index contributed by atoms with van der Waals surface area (Å²) in [7, 11) is 0. The molecule has 2 aliphatic heterocycles. The van der Waals surface area contributed by atoms with Gasteiger partial charge in [-0.15, -0.1) is 0 Å². The fourth-order valence-electron chi connectivity index (χ4n) is 2.73. The molecule has 2 heteroatoms. The summed E-state index contributed by atoms with van der Waals surface area (Å²) < 4.78 is 5.70. The Morgan fingerprint density at radius 1 is 1.20 bits per heavy atom. The van der Waals surface area contributed by atoms with Gasteiger partial charge in [-0.2, -0.15) is 0 Å². The third-order valence-corrected chi connectivity index (χ3v) is 3.53. The predicted molar refractivity (Wildman–Crippen MR) is 59.6 cm³/mol. The van der Waals surface area contributed by atoms with Gasteiger partial charge in [0.05, 0.1) is 6.10 Å². The first-order chi connectivity index (χ1) is 7.42. The average Bonchev–Trinajstić information content (AvgIpc) is 2.79. The van der Waals surface area contributed by atoms with E-state index in [1.807, 2.05) is 0 Å². The molecule has 0 aliphatic carbocycles. The lowest BCUT2D eigenvalue weighted by molar-refractivity contribution is 0.0984. The van der Waals surface area contributed by atoms with Gasteiger partial charge in [0.2, 0.25) is 0 Å². The lowest BCUT2D eigenvalue weighted by atomic mass is 10.1. The smallest absolute Gasteiger partial charge is 0.0743 e. The highest BCUT2D eigenvalue weighted by Crippen LogP contribution is 2.29. The van der Waals surface area contributed by atoms with E-state index in [4.69, 9.17) is 4.74 Å². The maximum absolute atomic E-state index is 5.70. The third-order valence-electron chi connectivity index (χ3n) is 3.53. The van der Waals surface area contributed by atoms with Gasteiger partial charge in [0, 0.05) is 32.2 Å². The molecule has 3 rings (SSSR count). The summed E-state index contributed by atoms with van der Waals surface area (Å²) in [5.74, 6) is 0.800. The zero-order valence-electron chi connectivity index (χ0n) is 8.93. The van der Waals surface area contributed by atoms with Crippen molar-refractivity contribution in [2.24, 2.45) is 5.92 Å². The van der Waals surface area contributed by atoms with Crippen molar-refractivity contribution < 1.29 is 4.74 Å². The molecule has 2 saturated heterocycles. The minimum Gasteiger partial charge on any atom is -0.377 e. The van der Waals surface area contributed by atoms with Crippen molar-refractivity contribution in [2.45, 2.75) is 19.1 Å². The van der Waals surface area contributed by atoms with Crippen LogP contribution in [0, 0.1) is 5.92 Å². The quantitative estimate of drug-likeness (QED) is 0.728. The second kappa shape index (κ2) is 3.95. The fraction of sp³-hybridized carbons (Fsp3) is 0.538. The van der Waals surface area contributed by atoms with Gasteiger partial charge in [-0.1, -0.05) is 30.3 Å². The van der Waals surface area contributed by atoms with Gasteiger partial charge < -0.3 is 4.74 Å². The molecule has 2 atom stereocenters. The molecule has 2 aliphatic rings. The van der Waals surface area contributed by atoms with E-state index in [1.54, 1.807) is 0 Å². The van der Waals surface area contributed by atoms with Crippen LogP contribution >= 0.6 is 0 Å². The lowest BCUT2D eigenvalue weighted by Crippen LogP contribution is -2.22. The largest absolute Gasteiger partial charge is 0.377 e. The van der Waals surface area contributed by atoms with Crippen molar-refractivity contribution in [3.8, 4) is 0 Å². The molecular formula is C13H17NO. The van der Waals surface area contributed by atoms with Crippen LogP contribution < -0.4 is 0 Å². The summed E-state index contributed by atoms with van der Waals surface area (Å²) in [6, 6.07) is 10.7. The minimum atomic E-state index is 0.522. The molecule has 2 heterocycles. The number of hydrogen-bond donors (Lipinski definition) is 0. The fourth-order valence-corrected chi connectivity index (χ4v) is 2.73. The van der Waals surface area contributed by atoms with Gasteiger partial charge in [0.25, 0.3) is 0 Å². The maximum atomic E-state index is 5.70. The Morgan fingerprint density at radius 2 is 2.07 bits per heavy atom. The molecule has 0 aromatic heterocycles. The molecule has 0 N–H and O–H groups in total. The van der Waals surface area contributed by atoms with E-state index in [9.17, 15) is 0 Å². The zero-order chi connectivity index (χ0) is 10.1. The molecule has 1 aromatic carbocycles. The number of benzene rings is 1. The van der Waals surface area contributed by atoms with Crippen LogP contribution in [-0.2, 0) is 11.3 Å². The topological polar surface area (TPSA) is 12.5 Å². The van der Waals surface area contributed by atoms with Crippen LogP contribution in [0.25, 0.3) is 0 Å². The van der Waals surface area contributed by atoms with Gasteiger partial charge in [0.1, 0.15) is 0 Å². The number of nitrogens with zero attached hydrogens (tertiary/aromatic N) is 1. The first kappa shape index (κ1) is 9.37. The van der Waals surface area contributed by atoms with Crippen LogP contribution in [-0.4, -0.2) is 30.7 Å². The number of likely N-dealkylation sites (tertiary alicyclic amines) is 1. The number of ether oxygens (including phenoxy) is 1. The summed E-state index contributed by atoms with van der Waals surface area (Å²) in [5, 5.41) is 0. The van der Waals surface area contributed by atoms with E-state index >= 15 is 0 Å². The molecule has 0 spiro atoms. The zero-order valence-corrected chi connectivity index (χ0v) is 8.93. The van der Waals surface area contributed by atoms with E-state index in [1.165, 1.54) is 18.5 Å². The second-order valence-electron chi connectivity index (χ2n) is 4.64. The van der Waals surface area contributed by atoms with Crippen molar-refractivity contribution >= 4 is 0 Å². The van der Waals surface area contributed by atoms with Crippen LogP contribution in [0.4, 0.5) is 0 Å². The molecule has 0 amide bonds. The SMILES string of the molecule is c1ccc(CN2CC3CCOC3C2)cc1. The van der Waals surface area contributed by atoms with Gasteiger partial charge in [-0.3, -0.25) is 4.90 Å². The van der Waals surface area contributed by atoms with Gasteiger partial charge >= 0.3 is 0 Å². The second-order valence-corrected chi connectivity index (χ2v) is 4.64. The van der Waals surface area contributed by atoms with Crippen LogP contribution in [0.3, 0.4) is 0 Å². The van der Waals surface area contributed by atoms with Crippen molar-refractivity contribution in [2.75, 3.05) is 19.7 Å². The Kier molecular flexibility index (Phi) is 2.47. The van der Waals surface area contributed by atoms with Crippen molar-refractivity contribution in [3.05, 3.63) is 35.9 Å². The molecule has 80 valence electrons. The number of fused-ring (bicyclic) bond motifs is 1. The normalized spacial score (nSPS) is 30.7. The Morgan fingerprint density at radius 3 is 2.87 bits per heavy atom. The van der Waals surface area contributed by atoms with E-state index in [2.05, 4.69) is 35.2 Å². The molecule has 2 fully saturated rings. The highest BCUT2D eigenvalue weighted by molar-refractivity contribution is 5.14. The number of hydrogen-bond acceptors (Lipinski definition) is 2. The van der Waals surface area contributed by atoms with E-state index in [0.717, 1.165) is 25.6 Å². The first-order valence-electron chi connectivity index (χ1n) is 5.80. The molecule has 2 unspecified atom stereocenters. The minimum absolute atomic E-state index is 0.522. The van der Waals surface area contributed by atoms with Crippen molar-refractivity contribution in [3.63, 3.8) is 0 Å². The van der Waals surface area contributed by atoms with Crippen LogP contribution in [0.1, 0.15) is 12.0 Å². The third kappa shape index (κ3) is 1.92. The molecule has 0 radical (unpaired) electrons. The summed E-state index contributed by atoms with van der Waals surface area (Å²) >= 11 is 0. The monoisotopic (exact) mass is 203 g/mol. The average molecular weight is 203 g/mol. The highest BCUT2D eigenvalue weighted by Gasteiger charge is 2.36. The van der Waals surface area contributed by atoms with E-state index in [-0.39, 0.29) is 0 Å². The molecule has 1 aromatic rings. The molecule has 2 nitrogen and oxygen atoms in total. The lowest BCUT2D eigenvalue weighted by Gasteiger charge is -2.16. The van der Waals surface area contributed by atoms with Crippen LogP contribution in [0.15, 0.2) is 30.3 Å². The van der Waals surface area contributed by atoms with Crippen molar-refractivity contribution in [1.82, 2.24) is 4.90 Å². The van der Waals surface area contributed by atoms with Gasteiger partial charge in [-0.25, -0.2) is 0 Å². The van der Waals surface area contributed by atoms with Crippen LogP contribution in [0.5, 0.6) is 0 Å². The van der Waals surface area contributed by atoms with Crippen molar-refractivity contribution in [1.29, 1.82) is 0 Å². The standard InChI is InChI=1S/C13H17NO/c1-2-4-11(5-3-1)8-14-9-12-6-7-15-13(12)10-14/h1-5,12-13H,6-10H2. The summed E-state index contributed by atoms with van der Waals surface area (Å²) in [5.41, 5.74) is 1.41. The summed E-state index contributed by atoms with van der Waals surface area (Å²) in [6.07, 6.45) is 1.78. The Hall–Kier alpha value is -0.860. The van der Waals surface area contributed by atoms with Gasteiger partial charge in [-0.05, 0) is 12.0 Å².